The Bertz CT molecular complexity index is 936. The van der Waals surface area contributed by atoms with E-state index in [4.69, 9.17) is 9.84 Å². The molecule has 0 radical (unpaired) electrons. The molecule has 0 spiro atoms. The van der Waals surface area contributed by atoms with E-state index < -0.39 is 79.3 Å². The molecule has 0 aliphatic carbocycles. The van der Waals surface area contributed by atoms with Crippen LogP contribution in [-0.2, 0) is 38.3 Å². The van der Waals surface area contributed by atoms with Crippen LogP contribution in [0.1, 0.15) is 41.0 Å². The molecule has 0 aromatic heterocycles. The highest BCUT2D eigenvalue weighted by molar-refractivity contribution is 5.94. The van der Waals surface area contributed by atoms with Gasteiger partial charge < -0.3 is 35.6 Å². The third-order valence-electron chi connectivity index (χ3n) is 5.53. The van der Waals surface area contributed by atoms with Crippen molar-refractivity contribution in [2.45, 2.75) is 59.2 Å². The topological polar surface area (TPSA) is 192 Å². The number of nitrogens with zero attached hydrogens (tertiary/aromatic N) is 2. The summed E-state index contributed by atoms with van der Waals surface area (Å²) >= 11 is 0. The third-order valence-corrected chi connectivity index (χ3v) is 5.53. The molecule has 4 N–H and O–H groups in total. The van der Waals surface area contributed by atoms with E-state index in [1.807, 2.05) is 0 Å². The van der Waals surface area contributed by atoms with E-state index in [-0.39, 0.29) is 11.5 Å². The summed E-state index contributed by atoms with van der Waals surface area (Å²) in [5.74, 6) is -5.50. The number of carboxylic acid groups (broad SMARTS) is 1. The van der Waals surface area contributed by atoms with Crippen LogP contribution >= 0.6 is 0 Å². The minimum Gasteiger partial charge on any atom is -0.480 e. The molecule has 0 heterocycles. The fourth-order valence-corrected chi connectivity index (χ4v) is 2.92. The van der Waals surface area contributed by atoms with Crippen molar-refractivity contribution in [3.05, 3.63) is 12.2 Å². The molecular formula is C24H39N5O9. The summed E-state index contributed by atoms with van der Waals surface area (Å²) in [6.45, 7) is 9.59. The molecule has 214 valence electrons. The standard InChI is InChI=1S/C24H39N5O9/c1-9-14(4)20(21(33)26-16(6)23(35)36)27-17(30)10-28(7)19(32)11-29(8)22(34)15(5)25-18(31)12-38-24(37)13(2)3/h14-16,20H,2,9-12H2,1,3-8H3,(H,25,31)(H,26,33)(H,27,30)(H,35,36)/t14?,15?,16-,20?/m1/s1. The summed E-state index contributed by atoms with van der Waals surface area (Å²) in [6, 6.07) is -3.19. The molecule has 0 fully saturated rings. The molecule has 0 saturated carbocycles. The zero-order valence-electron chi connectivity index (χ0n) is 23.0. The van der Waals surface area contributed by atoms with Gasteiger partial charge in [-0.15, -0.1) is 0 Å². The van der Waals surface area contributed by atoms with Crippen molar-refractivity contribution in [1.29, 1.82) is 0 Å². The van der Waals surface area contributed by atoms with Gasteiger partial charge in [-0.25, -0.2) is 4.79 Å². The molecule has 3 unspecified atom stereocenters. The van der Waals surface area contributed by atoms with Crippen molar-refractivity contribution < 1.29 is 43.4 Å². The van der Waals surface area contributed by atoms with Gasteiger partial charge in [0.25, 0.3) is 5.91 Å². The molecule has 0 aromatic carbocycles. The molecule has 4 atom stereocenters. The highest BCUT2D eigenvalue weighted by Gasteiger charge is 2.29. The average molecular weight is 542 g/mol. The molecule has 0 aliphatic rings. The van der Waals surface area contributed by atoms with E-state index in [1.54, 1.807) is 13.8 Å². The van der Waals surface area contributed by atoms with E-state index in [0.717, 1.165) is 9.80 Å². The minimum atomic E-state index is -1.23. The number of aliphatic carboxylic acids is 1. The smallest absolute Gasteiger partial charge is 0.333 e. The predicted molar refractivity (Wildman–Crippen MR) is 135 cm³/mol. The molecule has 0 rings (SSSR count). The van der Waals surface area contributed by atoms with E-state index in [1.165, 1.54) is 34.9 Å². The Morgan fingerprint density at radius 3 is 1.95 bits per heavy atom. The van der Waals surface area contributed by atoms with Crippen LogP contribution in [0.4, 0.5) is 0 Å². The number of amides is 5. The fraction of sp³-hybridized carbons (Fsp3) is 0.625. The molecule has 0 aromatic rings. The largest absolute Gasteiger partial charge is 0.480 e. The highest BCUT2D eigenvalue weighted by Crippen LogP contribution is 2.09. The van der Waals surface area contributed by atoms with Crippen LogP contribution in [0.3, 0.4) is 0 Å². The lowest BCUT2D eigenvalue weighted by Gasteiger charge is -2.27. The SMILES string of the molecule is C=C(C)C(=O)OCC(=O)NC(C)C(=O)N(C)CC(=O)N(C)CC(=O)NC(C(=O)N[C@H](C)C(=O)O)C(C)CC. The number of esters is 1. The monoisotopic (exact) mass is 541 g/mol. The summed E-state index contributed by atoms with van der Waals surface area (Å²) in [5.41, 5.74) is 0.115. The lowest BCUT2D eigenvalue weighted by molar-refractivity contribution is -0.146. The zero-order chi connectivity index (χ0) is 29.7. The van der Waals surface area contributed by atoms with Gasteiger partial charge in [0.2, 0.25) is 23.6 Å². The van der Waals surface area contributed by atoms with Crippen LogP contribution in [0, 0.1) is 5.92 Å². The maximum atomic E-state index is 12.6. The van der Waals surface area contributed by atoms with Crippen molar-refractivity contribution in [3.63, 3.8) is 0 Å². The first-order valence-corrected chi connectivity index (χ1v) is 11.9. The van der Waals surface area contributed by atoms with Crippen LogP contribution in [0.15, 0.2) is 12.2 Å². The Kier molecular flexibility index (Phi) is 14.3. The van der Waals surface area contributed by atoms with Crippen molar-refractivity contribution in [3.8, 4) is 0 Å². The first-order chi connectivity index (χ1) is 17.5. The molecule has 0 bridgehead atoms. The summed E-state index contributed by atoms with van der Waals surface area (Å²) < 4.78 is 4.71. The summed E-state index contributed by atoms with van der Waals surface area (Å²) in [7, 11) is 2.68. The maximum Gasteiger partial charge on any atom is 0.333 e. The van der Waals surface area contributed by atoms with Gasteiger partial charge in [-0.2, -0.15) is 0 Å². The number of likely N-dealkylation sites (N-methyl/N-ethyl adjacent to an activating group) is 2. The van der Waals surface area contributed by atoms with E-state index in [9.17, 15) is 33.6 Å². The number of carbonyl (C=O) groups is 7. The van der Waals surface area contributed by atoms with Crippen LogP contribution in [-0.4, -0.2) is 108 Å². The fourth-order valence-electron chi connectivity index (χ4n) is 2.92. The summed E-state index contributed by atoms with van der Waals surface area (Å²) in [6.07, 6.45) is 0.520. The van der Waals surface area contributed by atoms with Crippen molar-refractivity contribution in [2.75, 3.05) is 33.8 Å². The van der Waals surface area contributed by atoms with Gasteiger partial charge in [-0.3, -0.25) is 28.8 Å². The number of rotatable bonds is 15. The second-order valence-corrected chi connectivity index (χ2v) is 9.09. The van der Waals surface area contributed by atoms with Crippen molar-refractivity contribution >= 4 is 41.5 Å². The van der Waals surface area contributed by atoms with Gasteiger partial charge in [-0.05, 0) is 26.7 Å². The lowest BCUT2D eigenvalue weighted by Crippen LogP contribution is -2.55. The average Bonchev–Trinajstić information content (AvgIpc) is 2.83. The quantitative estimate of drug-likeness (QED) is 0.143. The predicted octanol–water partition coefficient (Wildman–Crippen LogP) is -1.35. The van der Waals surface area contributed by atoms with E-state index in [2.05, 4.69) is 22.5 Å². The molecule has 5 amide bonds. The van der Waals surface area contributed by atoms with Crippen molar-refractivity contribution in [1.82, 2.24) is 25.8 Å². The summed E-state index contributed by atoms with van der Waals surface area (Å²) in [5, 5.41) is 16.2. The Morgan fingerprint density at radius 2 is 1.45 bits per heavy atom. The van der Waals surface area contributed by atoms with Gasteiger partial charge in [0.1, 0.15) is 18.1 Å². The Hall–Kier alpha value is -3.97. The number of nitrogens with one attached hydrogen (secondary N) is 3. The summed E-state index contributed by atoms with van der Waals surface area (Å²) in [4.78, 5) is 86.5. The number of ether oxygens (including phenoxy) is 1. The van der Waals surface area contributed by atoms with Gasteiger partial charge in [-0.1, -0.05) is 26.8 Å². The van der Waals surface area contributed by atoms with Crippen LogP contribution in [0.5, 0.6) is 0 Å². The molecular weight excluding hydrogens is 502 g/mol. The van der Waals surface area contributed by atoms with Gasteiger partial charge in [0.15, 0.2) is 6.61 Å². The van der Waals surface area contributed by atoms with E-state index >= 15 is 0 Å². The number of carbonyl (C=O) groups excluding carboxylic acids is 6. The van der Waals surface area contributed by atoms with Gasteiger partial charge >= 0.3 is 11.9 Å². The molecule has 14 heteroatoms. The Labute approximate surface area is 222 Å². The Morgan fingerprint density at radius 1 is 0.868 bits per heavy atom. The minimum absolute atomic E-state index is 0.115. The Balaban J connectivity index is 4.92. The molecule has 0 aliphatic heterocycles. The molecule has 0 saturated heterocycles. The maximum absolute atomic E-state index is 12.6. The first kappa shape index (κ1) is 34.0. The normalized spacial score (nSPS) is 13.6. The third kappa shape index (κ3) is 11.8. The van der Waals surface area contributed by atoms with Crippen LogP contribution in [0.25, 0.3) is 0 Å². The van der Waals surface area contributed by atoms with Crippen molar-refractivity contribution in [2.24, 2.45) is 5.92 Å². The second-order valence-electron chi connectivity index (χ2n) is 9.09. The second kappa shape index (κ2) is 16.0. The number of carboxylic acids is 1. The number of hydrogen-bond donors (Lipinski definition) is 4. The molecule has 38 heavy (non-hydrogen) atoms. The van der Waals surface area contributed by atoms with E-state index in [0.29, 0.717) is 6.42 Å². The zero-order valence-corrected chi connectivity index (χ0v) is 23.0. The number of hydrogen-bond acceptors (Lipinski definition) is 8. The van der Waals surface area contributed by atoms with Crippen LogP contribution in [0.2, 0.25) is 0 Å². The molecule has 14 nitrogen and oxygen atoms in total. The van der Waals surface area contributed by atoms with Crippen LogP contribution < -0.4 is 16.0 Å². The highest BCUT2D eigenvalue weighted by atomic mass is 16.5. The van der Waals surface area contributed by atoms with Gasteiger partial charge in [0, 0.05) is 19.7 Å². The lowest BCUT2D eigenvalue weighted by atomic mass is 9.98. The first-order valence-electron chi connectivity index (χ1n) is 11.9. The van der Waals surface area contributed by atoms with Gasteiger partial charge in [0.05, 0.1) is 13.1 Å².